The van der Waals surface area contributed by atoms with E-state index in [4.69, 9.17) is 0 Å². The van der Waals surface area contributed by atoms with Gasteiger partial charge in [0.15, 0.2) is 16.5 Å². The molecular weight excluding hydrogens is 307 g/mol. The van der Waals surface area contributed by atoms with Gasteiger partial charge in [0.2, 0.25) is 0 Å². The number of aromatic nitrogens is 3. The van der Waals surface area contributed by atoms with Gasteiger partial charge in [-0.15, -0.1) is 11.3 Å². The van der Waals surface area contributed by atoms with Crippen LogP contribution in [0.3, 0.4) is 0 Å². The Kier molecular flexibility index (Phi) is 2.79. The van der Waals surface area contributed by atoms with E-state index in [0.29, 0.717) is 9.61 Å². The van der Waals surface area contributed by atoms with Gasteiger partial charge in [-0.25, -0.2) is 9.97 Å². The highest BCUT2D eigenvalue weighted by Crippen LogP contribution is 2.31. The molecule has 0 amide bonds. The Hall–Kier alpha value is -0.890. The molecule has 0 fully saturated rings. The van der Waals surface area contributed by atoms with Crippen LogP contribution in [-0.2, 0) is 13.2 Å². The summed E-state index contributed by atoms with van der Waals surface area (Å²) < 4.78 is 39.1. The molecule has 0 atom stereocenters. The monoisotopic (exact) mass is 311 g/mol. The van der Waals surface area contributed by atoms with Crippen LogP contribution in [0.15, 0.2) is 16.2 Å². The van der Waals surface area contributed by atoms with Crippen LogP contribution in [0.25, 0.3) is 10.8 Å². The summed E-state index contributed by atoms with van der Waals surface area (Å²) in [6.07, 6.45) is -3.48. The van der Waals surface area contributed by atoms with Crippen LogP contribution in [0.2, 0.25) is 0 Å². The summed E-state index contributed by atoms with van der Waals surface area (Å²) in [6.45, 7) is 0. The first-order chi connectivity index (χ1) is 7.38. The fourth-order valence-electron chi connectivity index (χ4n) is 1.16. The van der Waals surface area contributed by atoms with Crippen molar-refractivity contribution >= 4 is 27.3 Å². The van der Waals surface area contributed by atoms with Crippen LogP contribution in [0.5, 0.6) is 0 Å². The summed E-state index contributed by atoms with van der Waals surface area (Å²) in [5.41, 5.74) is -0.906. The highest BCUT2D eigenvalue weighted by Gasteiger charge is 2.34. The molecule has 0 aliphatic heterocycles. The van der Waals surface area contributed by atoms with Crippen molar-refractivity contribution in [3.05, 3.63) is 21.9 Å². The van der Waals surface area contributed by atoms with E-state index in [2.05, 4.69) is 25.9 Å². The number of imidazole rings is 1. The number of hydrogen-bond acceptors (Lipinski definition) is 3. The molecule has 0 aliphatic carbocycles. The number of aryl methyl sites for hydroxylation is 1. The Balaban J connectivity index is 2.47. The lowest BCUT2D eigenvalue weighted by molar-refractivity contribution is -0.140. The summed E-state index contributed by atoms with van der Waals surface area (Å²) >= 11 is 4.37. The van der Waals surface area contributed by atoms with Gasteiger partial charge in [0, 0.05) is 18.6 Å². The zero-order chi connectivity index (χ0) is 11.9. The summed E-state index contributed by atoms with van der Waals surface area (Å²) in [4.78, 5) is 7.55. The van der Waals surface area contributed by atoms with E-state index in [9.17, 15) is 13.2 Å². The van der Waals surface area contributed by atoms with Gasteiger partial charge in [-0.3, -0.25) is 0 Å². The van der Waals surface area contributed by atoms with Gasteiger partial charge < -0.3 is 4.57 Å². The van der Waals surface area contributed by atoms with Crippen LogP contribution in [0.4, 0.5) is 13.2 Å². The molecule has 8 heteroatoms. The van der Waals surface area contributed by atoms with Crippen LogP contribution in [0, 0.1) is 0 Å². The lowest BCUT2D eigenvalue weighted by Gasteiger charge is -1.98. The molecule has 2 heterocycles. The van der Waals surface area contributed by atoms with Crippen molar-refractivity contribution in [2.45, 2.75) is 6.18 Å². The van der Waals surface area contributed by atoms with Gasteiger partial charge in [-0.1, -0.05) is 0 Å². The second kappa shape index (κ2) is 3.85. The van der Waals surface area contributed by atoms with Crippen molar-refractivity contribution in [3.8, 4) is 10.8 Å². The Labute approximate surface area is 101 Å². The minimum Gasteiger partial charge on any atom is -0.331 e. The molecule has 0 bridgehead atoms. The third-order valence-corrected chi connectivity index (χ3v) is 3.38. The maximum Gasteiger partial charge on any atom is 0.434 e. The molecule has 0 N–H and O–H groups in total. The number of thiazole rings is 1. The van der Waals surface area contributed by atoms with Crippen LogP contribution in [0.1, 0.15) is 5.69 Å². The largest absolute Gasteiger partial charge is 0.434 e. The normalized spacial score (nSPS) is 12.1. The molecule has 0 radical (unpaired) electrons. The number of hydrogen-bond donors (Lipinski definition) is 0. The molecule has 3 nitrogen and oxygen atoms in total. The Morgan fingerprint density at radius 3 is 2.50 bits per heavy atom. The van der Waals surface area contributed by atoms with E-state index in [0.717, 1.165) is 6.20 Å². The zero-order valence-electron chi connectivity index (χ0n) is 7.92. The fraction of sp³-hybridized carbons (Fsp3) is 0.250. The highest BCUT2D eigenvalue weighted by molar-refractivity contribution is 9.10. The Bertz CT molecular complexity index is 517. The molecule has 16 heavy (non-hydrogen) atoms. The number of nitrogens with zero attached hydrogens (tertiary/aromatic N) is 3. The predicted octanol–water partition coefficient (Wildman–Crippen LogP) is 3.32. The molecule has 0 aliphatic rings. The fourth-order valence-corrected chi connectivity index (χ4v) is 2.44. The number of halogens is 4. The Morgan fingerprint density at radius 1 is 1.38 bits per heavy atom. The average Bonchev–Trinajstić information content (AvgIpc) is 2.70. The van der Waals surface area contributed by atoms with Gasteiger partial charge in [0.1, 0.15) is 4.60 Å². The van der Waals surface area contributed by atoms with Crippen LogP contribution < -0.4 is 0 Å². The van der Waals surface area contributed by atoms with Crippen molar-refractivity contribution in [1.82, 2.24) is 14.5 Å². The Morgan fingerprint density at radius 2 is 2.06 bits per heavy atom. The summed E-state index contributed by atoms with van der Waals surface area (Å²) in [6, 6.07) is 0. The molecular formula is C8H5BrF3N3S. The predicted molar refractivity (Wildman–Crippen MR) is 57.0 cm³/mol. The first-order valence-electron chi connectivity index (χ1n) is 4.10. The molecule has 2 rings (SSSR count). The van der Waals surface area contributed by atoms with Gasteiger partial charge >= 0.3 is 6.18 Å². The third kappa shape index (κ3) is 2.12. The van der Waals surface area contributed by atoms with Gasteiger partial charge in [-0.2, -0.15) is 13.2 Å². The molecule has 0 saturated heterocycles. The molecule has 2 aromatic rings. The minimum atomic E-state index is -4.43. The molecule has 0 spiro atoms. The van der Waals surface area contributed by atoms with Crippen molar-refractivity contribution in [1.29, 1.82) is 0 Å². The number of rotatable bonds is 1. The lowest BCUT2D eigenvalue weighted by Crippen LogP contribution is -2.04. The first-order valence-corrected chi connectivity index (χ1v) is 5.77. The quantitative estimate of drug-likeness (QED) is 0.809. The van der Waals surface area contributed by atoms with E-state index >= 15 is 0 Å². The van der Waals surface area contributed by atoms with Gasteiger partial charge in [0.25, 0.3) is 0 Å². The van der Waals surface area contributed by atoms with Crippen molar-refractivity contribution in [2.24, 2.45) is 7.05 Å². The second-order valence-electron chi connectivity index (χ2n) is 3.03. The van der Waals surface area contributed by atoms with E-state index < -0.39 is 11.9 Å². The highest BCUT2D eigenvalue weighted by atomic mass is 79.9. The minimum absolute atomic E-state index is 0.211. The van der Waals surface area contributed by atoms with E-state index in [1.54, 1.807) is 5.38 Å². The van der Waals surface area contributed by atoms with Gasteiger partial charge in [-0.05, 0) is 15.9 Å². The van der Waals surface area contributed by atoms with Crippen molar-refractivity contribution in [2.75, 3.05) is 0 Å². The molecule has 0 aromatic carbocycles. The summed E-state index contributed by atoms with van der Waals surface area (Å²) in [5, 5.41) is 2.14. The van der Waals surface area contributed by atoms with Gasteiger partial charge in [0.05, 0.1) is 0 Å². The zero-order valence-corrected chi connectivity index (χ0v) is 10.3. The lowest BCUT2D eigenvalue weighted by atomic mass is 10.5. The standard InChI is InChI=1S/C8H5BrF3N3S/c1-15-2-4(8(10,11)12)13-6(15)7-14-5(9)3-16-7/h2-3H,1H3. The van der Waals surface area contributed by atoms with Crippen LogP contribution >= 0.6 is 27.3 Å². The van der Waals surface area contributed by atoms with Crippen molar-refractivity contribution in [3.63, 3.8) is 0 Å². The molecule has 0 unspecified atom stereocenters. The topological polar surface area (TPSA) is 30.7 Å². The second-order valence-corrected chi connectivity index (χ2v) is 4.70. The van der Waals surface area contributed by atoms with E-state index in [1.807, 2.05) is 0 Å². The van der Waals surface area contributed by atoms with E-state index in [1.165, 1.54) is 23.0 Å². The smallest absolute Gasteiger partial charge is 0.331 e. The SMILES string of the molecule is Cn1cc(C(F)(F)F)nc1-c1nc(Br)cs1. The molecule has 0 saturated carbocycles. The molecule has 86 valence electrons. The number of alkyl halides is 3. The third-order valence-electron chi connectivity index (χ3n) is 1.83. The average molecular weight is 312 g/mol. The van der Waals surface area contributed by atoms with Crippen molar-refractivity contribution < 1.29 is 13.2 Å². The molecule has 2 aromatic heterocycles. The summed E-state index contributed by atoms with van der Waals surface area (Å²) in [7, 11) is 1.51. The van der Waals surface area contributed by atoms with E-state index in [-0.39, 0.29) is 5.82 Å². The summed E-state index contributed by atoms with van der Waals surface area (Å²) in [5.74, 6) is 0.211. The maximum absolute atomic E-state index is 12.4. The first kappa shape index (κ1) is 11.6. The maximum atomic E-state index is 12.4. The van der Waals surface area contributed by atoms with Crippen LogP contribution in [-0.4, -0.2) is 14.5 Å².